The minimum Gasteiger partial charge on any atom is -0.494 e. The first kappa shape index (κ1) is 24.5. The van der Waals surface area contributed by atoms with Crippen molar-refractivity contribution in [1.29, 1.82) is 0 Å². The Kier molecular flexibility index (Phi) is 6.65. The average Bonchev–Trinajstić information content (AvgIpc) is 3.34. The highest BCUT2D eigenvalue weighted by atomic mass is 19.1. The molecule has 7 nitrogen and oxygen atoms in total. The number of likely N-dealkylation sites (tertiary alicyclic amines) is 1. The summed E-state index contributed by atoms with van der Waals surface area (Å²) in [6.45, 7) is 8.32. The fraction of sp³-hybridized carbons (Fsp3) is 0.276. The van der Waals surface area contributed by atoms with Crippen molar-refractivity contribution >= 4 is 11.4 Å². The van der Waals surface area contributed by atoms with Crippen molar-refractivity contribution in [2.45, 2.75) is 39.2 Å². The lowest BCUT2D eigenvalue weighted by atomic mass is 10.0. The molecule has 5 rings (SSSR count). The minimum absolute atomic E-state index is 0.0850. The van der Waals surface area contributed by atoms with E-state index < -0.39 is 5.82 Å². The highest BCUT2D eigenvalue weighted by Crippen LogP contribution is 2.37. The Balaban J connectivity index is 1.56. The van der Waals surface area contributed by atoms with Crippen molar-refractivity contribution < 1.29 is 18.7 Å². The molecule has 190 valence electrons. The molecular formula is C29H29FN4O3. The normalized spacial score (nSPS) is 15.6. The second-order valence-electron chi connectivity index (χ2n) is 9.13. The summed E-state index contributed by atoms with van der Waals surface area (Å²) in [5, 5.41) is 0. The van der Waals surface area contributed by atoms with Gasteiger partial charge in [-0.3, -0.25) is 14.2 Å². The third-order valence-corrected chi connectivity index (χ3v) is 6.81. The number of fused-ring (bicyclic) bond motifs is 1. The summed E-state index contributed by atoms with van der Waals surface area (Å²) < 4.78 is 27.5. The molecule has 3 heterocycles. The molecule has 0 spiro atoms. The van der Waals surface area contributed by atoms with E-state index in [1.165, 1.54) is 13.2 Å². The third kappa shape index (κ3) is 4.43. The molecule has 1 unspecified atom stereocenters. The molecule has 2 aromatic carbocycles. The molecule has 1 amide bonds. The van der Waals surface area contributed by atoms with Crippen LogP contribution >= 0.6 is 0 Å². The number of hydrogen-bond donors (Lipinski definition) is 0. The molecule has 0 bridgehead atoms. The Morgan fingerprint density at radius 2 is 1.89 bits per heavy atom. The van der Waals surface area contributed by atoms with E-state index in [0.29, 0.717) is 12.3 Å². The number of ether oxygens (including phenoxy) is 2. The Bertz CT molecular complexity index is 1480. The van der Waals surface area contributed by atoms with Crippen LogP contribution in [0.2, 0.25) is 0 Å². The molecule has 0 saturated carbocycles. The van der Waals surface area contributed by atoms with E-state index in [2.05, 4.69) is 16.0 Å². The summed E-state index contributed by atoms with van der Waals surface area (Å²) in [5.41, 5.74) is 4.34. The first-order chi connectivity index (χ1) is 17.9. The van der Waals surface area contributed by atoms with Crippen LogP contribution in [0.3, 0.4) is 0 Å². The molecule has 1 atom stereocenters. The van der Waals surface area contributed by atoms with Gasteiger partial charge in [0.05, 0.1) is 30.1 Å². The number of aryl methyl sites for hydroxylation is 2. The van der Waals surface area contributed by atoms with Gasteiger partial charge in [0.1, 0.15) is 11.6 Å². The zero-order valence-corrected chi connectivity index (χ0v) is 21.2. The Morgan fingerprint density at radius 1 is 1.14 bits per heavy atom. The monoisotopic (exact) mass is 500 g/mol. The number of piperidine rings is 1. The number of rotatable bonds is 6. The van der Waals surface area contributed by atoms with Crippen LogP contribution < -0.4 is 9.47 Å². The SMILES string of the molecule is C=CC(=O)N1CCCCC1c1nc(-c2ccc(Oc3cccc(OC)c3F)cc2)c2c(C)ncc(C)n12. The van der Waals surface area contributed by atoms with Gasteiger partial charge in [-0.15, -0.1) is 0 Å². The number of halogens is 1. The molecule has 37 heavy (non-hydrogen) atoms. The van der Waals surface area contributed by atoms with Crippen molar-refractivity contribution in [2.75, 3.05) is 13.7 Å². The van der Waals surface area contributed by atoms with Gasteiger partial charge in [0.15, 0.2) is 11.5 Å². The maximum absolute atomic E-state index is 14.5. The Labute approximate surface area is 215 Å². The van der Waals surface area contributed by atoms with Gasteiger partial charge in [-0.05, 0) is 75.6 Å². The zero-order valence-electron chi connectivity index (χ0n) is 21.2. The number of hydrogen-bond acceptors (Lipinski definition) is 5. The van der Waals surface area contributed by atoms with E-state index in [-0.39, 0.29) is 23.4 Å². The third-order valence-electron chi connectivity index (χ3n) is 6.81. The summed E-state index contributed by atoms with van der Waals surface area (Å²) in [5.74, 6) is 0.875. The maximum Gasteiger partial charge on any atom is 0.246 e. The number of benzene rings is 2. The first-order valence-electron chi connectivity index (χ1n) is 12.3. The van der Waals surface area contributed by atoms with Crippen LogP contribution in [0.15, 0.2) is 61.3 Å². The van der Waals surface area contributed by atoms with Gasteiger partial charge >= 0.3 is 0 Å². The summed E-state index contributed by atoms with van der Waals surface area (Å²) in [6, 6.07) is 12.0. The van der Waals surface area contributed by atoms with E-state index in [1.807, 2.05) is 37.1 Å². The van der Waals surface area contributed by atoms with E-state index in [9.17, 15) is 9.18 Å². The van der Waals surface area contributed by atoms with E-state index in [1.54, 1.807) is 30.3 Å². The van der Waals surface area contributed by atoms with Gasteiger partial charge < -0.3 is 14.4 Å². The minimum atomic E-state index is -0.554. The number of imidazole rings is 1. The summed E-state index contributed by atoms with van der Waals surface area (Å²) >= 11 is 0. The number of amides is 1. The van der Waals surface area contributed by atoms with Crippen LogP contribution in [0, 0.1) is 19.7 Å². The predicted octanol–water partition coefficient (Wildman–Crippen LogP) is 6.19. The fourth-order valence-corrected chi connectivity index (χ4v) is 4.98. The molecule has 1 fully saturated rings. The van der Waals surface area contributed by atoms with Crippen molar-refractivity contribution in [2.24, 2.45) is 0 Å². The summed E-state index contributed by atoms with van der Waals surface area (Å²) in [7, 11) is 1.42. The van der Waals surface area contributed by atoms with Gasteiger partial charge in [0, 0.05) is 24.0 Å². The molecular weight excluding hydrogens is 471 g/mol. The number of aromatic nitrogens is 3. The van der Waals surface area contributed by atoms with E-state index in [0.717, 1.165) is 53.2 Å². The van der Waals surface area contributed by atoms with Crippen molar-refractivity contribution in [3.8, 4) is 28.5 Å². The first-order valence-corrected chi connectivity index (χ1v) is 12.3. The Morgan fingerprint density at radius 3 is 2.62 bits per heavy atom. The zero-order chi connectivity index (χ0) is 26.1. The molecule has 0 N–H and O–H groups in total. The molecule has 8 heteroatoms. The topological polar surface area (TPSA) is 69.0 Å². The fourth-order valence-electron chi connectivity index (χ4n) is 4.98. The van der Waals surface area contributed by atoms with Crippen LogP contribution in [0.4, 0.5) is 4.39 Å². The highest BCUT2D eigenvalue weighted by molar-refractivity contribution is 5.87. The number of nitrogens with zero attached hydrogens (tertiary/aromatic N) is 4. The van der Waals surface area contributed by atoms with Crippen LogP contribution in [-0.4, -0.2) is 38.8 Å². The van der Waals surface area contributed by atoms with Gasteiger partial charge in [-0.2, -0.15) is 4.39 Å². The van der Waals surface area contributed by atoms with Gasteiger partial charge in [-0.1, -0.05) is 12.6 Å². The Hall–Kier alpha value is -4.20. The molecule has 4 aromatic rings. The van der Waals surface area contributed by atoms with Gasteiger partial charge in [-0.25, -0.2) is 4.98 Å². The molecule has 2 aromatic heterocycles. The van der Waals surface area contributed by atoms with Crippen LogP contribution in [0.25, 0.3) is 16.8 Å². The molecule has 1 saturated heterocycles. The smallest absolute Gasteiger partial charge is 0.246 e. The van der Waals surface area contributed by atoms with Crippen LogP contribution in [-0.2, 0) is 4.79 Å². The molecule has 1 aliphatic heterocycles. The second-order valence-corrected chi connectivity index (χ2v) is 9.13. The lowest BCUT2D eigenvalue weighted by Crippen LogP contribution is -2.38. The van der Waals surface area contributed by atoms with Crippen molar-refractivity contribution in [3.05, 3.63) is 84.3 Å². The maximum atomic E-state index is 14.5. The number of carbonyl (C=O) groups is 1. The molecule has 0 radical (unpaired) electrons. The standard InChI is InChI=1S/C29H29FN4O3/c1-5-25(35)33-16-7-6-9-22(33)29-32-27(28-19(3)31-17-18(2)34(28)29)20-12-14-21(15-13-20)37-24-11-8-10-23(36-4)26(24)30/h5,8,10-15,17,22H,1,6-7,9,16H2,2-4H3. The van der Waals surface area contributed by atoms with Crippen LogP contribution in [0.1, 0.15) is 42.5 Å². The number of methoxy groups -OCH3 is 1. The second kappa shape index (κ2) is 10.0. The van der Waals surface area contributed by atoms with E-state index in [4.69, 9.17) is 14.5 Å². The number of carbonyl (C=O) groups excluding carboxylic acids is 1. The van der Waals surface area contributed by atoms with E-state index >= 15 is 0 Å². The van der Waals surface area contributed by atoms with Gasteiger partial charge in [0.2, 0.25) is 11.7 Å². The quantitative estimate of drug-likeness (QED) is 0.295. The molecule has 1 aliphatic rings. The van der Waals surface area contributed by atoms with Gasteiger partial charge in [0.25, 0.3) is 0 Å². The predicted molar refractivity (Wildman–Crippen MR) is 139 cm³/mol. The summed E-state index contributed by atoms with van der Waals surface area (Å²) in [4.78, 5) is 24.2. The average molecular weight is 501 g/mol. The lowest BCUT2D eigenvalue weighted by molar-refractivity contribution is -0.129. The largest absolute Gasteiger partial charge is 0.494 e. The van der Waals surface area contributed by atoms with Crippen molar-refractivity contribution in [1.82, 2.24) is 19.3 Å². The highest BCUT2D eigenvalue weighted by Gasteiger charge is 2.32. The van der Waals surface area contributed by atoms with Crippen molar-refractivity contribution in [3.63, 3.8) is 0 Å². The summed E-state index contributed by atoms with van der Waals surface area (Å²) in [6.07, 6.45) is 6.02. The lowest BCUT2D eigenvalue weighted by Gasteiger charge is -2.34. The van der Waals surface area contributed by atoms with Crippen LogP contribution in [0.5, 0.6) is 17.2 Å². The molecule has 0 aliphatic carbocycles.